The van der Waals surface area contributed by atoms with Crippen molar-refractivity contribution in [3.05, 3.63) is 36.2 Å². The Morgan fingerprint density at radius 1 is 1.50 bits per heavy atom. The van der Waals surface area contributed by atoms with Crippen LogP contribution in [0.4, 0.5) is 5.69 Å². The highest BCUT2D eigenvalue weighted by molar-refractivity contribution is 7.80. The average Bonchev–Trinajstić information content (AvgIpc) is 2.96. The molecule has 1 aromatic carbocycles. The van der Waals surface area contributed by atoms with Gasteiger partial charge in [-0.15, -0.1) is 5.10 Å². The zero-order valence-corrected chi connectivity index (χ0v) is 12.1. The van der Waals surface area contributed by atoms with E-state index in [9.17, 15) is 0 Å². The van der Waals surface area contributed by atoms with Crippen molar-refractivity contribution in [2.24, 2.45) is 5.73 Å². The lowest BCUT2D eigenvalue weighted by atomic mass is 10.1. The number of hydrogen-bond acceptors (Lipinski definition) is 5. The fourth-order valence-corrected chi connectivity index (χ4v) is 2.01. The molecular weight excluding hydrogens is 274 g/mol. The normalized spacial score (nSPS) is 10.2. The predicted molar refractivity (Wildman–Crippen MR) is 82.0 cm³/mol. The number of hydrogen-bond donors (Lipinski definition) is 2. The second-order valence-electron chi connectivity index (χ2n) is 4.22. The second kappa shape index (κ2) is 6.85. The summed E-state index contributed by atoms with van der Waals surface area (Å²) in [5.74, 6) is 0.767. The molecule has 0 saturated heterocycles. The summed E-state index contributed by atoms with van der Waals surface area (Å²) in [5, 5.41) is 11.0. The summed E-state index contributed by atoms with van der Waals surface area (Å²) in [6.07, 6.45) is 4.42. The molecule has 0 saturated carbocycles. The summed E-state index contributed by atoms with van der Waals surface area (Å²) < 4.78 is 7.00. The number of thiocarbonyl (C=S) groups is 1. The molecule has 0 aliphatic rings. The number of aromatic nitrogens is 3. The molecular formula is C13H17N5OS. The van der Waals surface area contributed by atoms with Crippen LogP contribution in [0.25, 0.3) is 0 Å². The molecule has 0 bridgehead atoms. The summed E-state index contributed by atoms with van der Waals surface area (Å²) >= 11 is 5.05. The molecule has 0 unspecified atom stereocenters. The summed E-state index contributed by atoms with van der Waals surface area (Å²) in [4.78, 5) is 0.367. The van der Waals surface area contributed by atoms with Crippen molar-refractivity contribution in [2.45, 2.75) is 13.0 Å². The van der Waals surface area contributed by atoms with Crippen LogP contribution in [0.1, 0.15) is 12.0 Å². The molecule has 0 radical (unpaired) electrons. The van der Waals surface area contributed by atoms with Crippen LogP contribution in [-0.4, -0.2) is 33.6 Å². The van der Waals surface area contributed by atoms with Gasteiger partial charge < -0.3 is 15.8 Å². The fraction of sp³-hybridized carbons (Fsp3) is 0.308. The highest BCUT2D eigenvalue weighted by Gasteiger charge is 2.06. The maximum atomic E-state index is 5.72. The standard InChI is InChI=1S/C13H17N5OS/c1-19-10-3-4-11(13(14)20)12(9-10)15-5-2-7-18-8-6-16-17-18/h3-4,6,8-9,15H,2,5,7H2,1H3,(H2,14,20). The van der Waals surface area contributed by atoms with Gasteiger partial charge in [0, 0.05) is 36.6 Å². The number of nitrogens with two attached hydrogens (primary N) is 1. The number of rotatable bonds is 7. The highest BCUT2D eigenvalue weighted by Crippen LogP contribution is 2.22. The Labute approximate surface area is 122 Å². The largest absolute Gasteiger partial charge is 0.497 e. The van der Waals surface area contributed by atoms with Gasteiger partial charge in [-0.1, -0.05) is 17.4 Å². The third-order valence-corrected chi connectivity index (χ3v) is 3.06. The van der Waals surface area contributed by atoms with Crippen molar-refractivity contribution in [3.8, 4) is 5.75 Å². The summed E-state index contributed by atoms with van der Waals surface area (Å²) in [7, 11) is 1.63. The molecule has 1 heterocycles. The van der Waals surface area contributed by atoms with Crippen LogP contribution in [0.2, 0.25) is 0 Å². The first-order chi connectivity index (χ1) is 9.70. The van der Waals surface area contributed by atoms with Gasteiger partial charge in [0.2, 0.25) is 0 Å². The molecule has 3 N–H and O–H groups in total. The van der Waals surface area contributed by atoms with Gasteiger partial charge >= 0.3 is 0 Å². The molecule has 106 valence electrons. The zero-order chi connectivity index (χ0) is 14.4. The molecule has 2 rings (SSSR count). The molecule has 0 amide bonds. The minimum atomic E-state index is 0.367. The Balaban J connectivity index is 1.95. The van der Waals surface area contributed by atoms with Crippen molar-refractivity contribution in [3.63, 3.8) is 0 Å². The van der Waals surface area contributed by atoms with E-state index in [4.69, 9.17) is 22.7 Å². The average molecular weight is 291 g/mol. The van der Waals surface area contributed by atoms with Gasteiger partial charge in [-0.2, -0.15) is 0 Å². The van der Waals surface area contributed by atoms with Crippen LogP contribution in [0.3, 0.4) is 0 Å². The molecule has 0 atom stereocenters. The van der Waals surface area contributed by atoms with Crippen LogP contribution >= 0.6 is 12.2 Å². The lowest BCUT2D eigenvalue weighted by Gasteiger charge is -2.12. The van der Waals surface area contributed by atoms with E-state index < -0.39 is 0 Å². The Hall–Kier alpha value is -2.15. The third kappa shape index (κ3) is 3.67. The van der Waals surface area contributed by atoms with Crippen LogP contribution < -0.4 is 15.8 Å². The smallest absolute Gasteiger partial charge is 0.120 e. The van der Waals surface area contributed by atoms with E-state index in [1.165, 1.54) is 0 Å². The topological polar surface area (TPSA) is 78.0 Å². The molecule has 0 aliphatic heterocycles. The highest BCUT2D eigenvalue weighted by atomic mass is 32.1. The maximum Gasteiger partial charge on any atom is 0.120 e. The minimum Gasteiger partial charge on any atom is -0.497 e. The number of nitrogens with one attached hydrogen (secondary N) is 1. The molecule has 1 aromatic heterocycles. The van der Waals surface area contributed by atoms with E-state index in [-0.39, 0.29) is 0 Å². The molecule has 6 nitrogen and oxygen atoms in total. The van der Waals surface area contributed by atoms with Crippen LogP contribution in [0.15, 0.2) is 30.6 Å². The lowest BCUT2D eigenvalue weighted by Crippen LogP contribution is -2.14. The van der Waals surface area contributed by atoms with E-state index >= 15 is 0 Å². The van der Waals surface area contributed by atoms with E-state index in [1.807, 2.05) is 24.4 Å². The summed E-state index contributed by atoms with van der Waals surface area (Å²) in [6, 6.07) is 5.60. The van der Waals surface area contributed by atoms with Gasteiger partial charge in [0.05, 0.1) is 13.3 Å². The number of nitrogens with zero attached hydrogens (tertiary/aromatic N) is 3. The second-order valence-corrected chi connectivity index (χ2v) is 4.66. The zero-order valence-electron chi connectivity index (χ0n) is 11.2. The van der Waals surface area contributed by atoms with Crippen molar-refractivity contribution < 1.29 is 4.74 Å². The Morgan fingerprint density at radius 2 is 2.35 bits per heavy atom. The van der Waals surface area contributed by atoms with Gasteiger partial charge in [-0.3, -0.25) is 4.68 Å². The van der Waals surface area contributed by atoms with E-state index in [2.05, 4.69) is 15.6 Å². The summed E-state index contributed by atoms with van der Waals surface area (Å²) in [6.45, 7) is 1.59. The molecule has 20 heavy (non-hydrogen) atoms. The molecule has 0 aliphatic carbocycles. The van der Waals surface area contributed by atoms with Crippen molar-refractivity contribution >= 4 is 22.9 Å². The minimum absolute atomic E-state index is 0.367. The predicted octanol–water partition coefficient (Wildman–Crippen LogP) is 1.42. The number of anilines is 1. The third-order valence-electron chi connectivity index (χ3n) is 2.84. The number of ether oxygens (including phenoxy) is 1. The quantitative estimate of drug-likeness (QED) is 0.593. The van der Waals surface area contributed by atoms with Crippen molar-refractivity contribution in [1.29, 1.82) is 0 Å². The van der Waals surface area contributed by atoms with Gasteiger partial charge in [0.1, 0.15) is 10.7 Å². The van der Waals surface area contributed by atoms with E-state index in [0.717, 1.165) is 36.5 Å². The Kier molecular flexibility index (Phi) is 4.89. The Bertz CT molecular complexity index is 570. The lowest BCUT2D eigenvalue weighted by molar-refractivity contribution is 0.415. The first kappa shape index (κ1) is 14.3. The van der Waals surface area contributed by atoms with Gasteiger partial charge in [0.15, 0.2) is 0 Å². The van der Waals surface area contributed by atoms with Crippen molar-refractivity contribution in [2.75, 3.05) is 19.0 Å². The monoisotopic (exact) mass is 291 g/mol. The first-order valence-electron chi connectivity index (χ1n) is 6.26. The summed E-state index contributed by atoms with van der Waals surface area (Å²) in [5.41, 5.74) is 7.42. The van der Waals surface area contributed by atoms with Crippen LogP contribution in [-0.2, 0) is 6.54 Å². The maximum absolute atomic E-state index is 5.72. The molecule has 2 aromatic rings. The van der Waals surface area contributed by atoms with Gasteiger partial charge in [0.25, 0.3) is 0 Å². The number of benzene rings is 1. The van der Waals surface area contributed by atoms with E-state index in [1.54, 1.807) is 18.0 Å². The molecule has 7 heteroatoms. The Morgan fingerprint density at radius 3 is 3.00 bits per heavy atom. The first-order valence-corrected chi connectivity index (χ1v) is 6.67. The van der Waals surface area contributed by atoms with Crippen LogP contribution in [0, 0.1) is 0 Å². The van der Waals surface area contributed by atoms with Gasteiger partial charge in [-0.05, 0) is 18.6 Å². The van der Waals surface area contributed by atoms with Gasteiger partial charge in [-0.25, -0.2) is 0 Å². The fourth-order valence-electron chi connectivity index (χ4n) is 1.83. The number of methoxy groups -OCH3 is 1. The number of aryl methyl sites for hydroxylation is 1. The SMILES string of the molecule is COc1ccc(C(N)=S)c(NCCCn2ccnn2)c1. The molecule has 0 spiro atoms. The molecule has 0 fully saturated rings. The van der Waals surface area contributed by atoms with E-state index in [0.29, 0.717) is 4.99 Å². The van der Waals surface area contributed by atoms with Crippen LogP contribution in [0.5, 0.6) is 5.75 Å². The van der Waals surface area contributed by atoms with Crippen molar-refractivity contribution in [1.82, 2.24) is 15.0 Å².